The third-order valence-corrected chi connectivity index (χ3v) is 5.21. The summed E-state index contributed by atoms with van der Waals surface area (Å²) in [6.45, 7) is 0.0613. The van der Waals surface area contributed by atoms with Gasteiger partial charge in [-0.2, -0.15) is 0 Å². The van der Waals surface area contributed by atoms with Gasteiger partial charge in [0, 0.05) is 6.54 Å². The molecule has 0 bridgehead atoms. The van der Waals surface area contributed by atoms with Crippen LogP contribution in [0, 0.1) is 11.6 Å². The molecule has 2 rings (SSSR count). The maximum atomic E-state index is 13.7. The molecule has 1 N–H and O–H groups in total. The van der Waals surface area contributed by atoms with E-state index in [-0.39, 0.29) is 11.0 Å². The fourth-order valence-corrected chi connectivity index (χ4v) is 3.33. The maximum Gasteiger partial charge on any atom is 0.243 e. The van der Waals surface area contributed by atoms with Gasteiger partial charge < -0.3 is 4.74 Å². The predicted molar refractivity (Wildman–Crippen MR) is 85.9 cm³/mol. The van der Waals surface area contributed by atoms with Crippen molar-refractivity contribution in [3.63, 3.8) is 0 Å². The molecule has 2 aromatic carbocycles. The van der Waals surface area contributed by atoms with E-state index in [0.29, 0.717) is 18.2 Å². The van der Waals surface area contributed by atoms with Gasteiger partial charge in [-0.15, -0.1) is 0 Å². The first-order valence-electron chi connectivity index (χ1n) is 6.60. The van der Waals surface area contributed by atoms with Crippen LogP contribution >= 0.6 is 15.9 Å². The van der Waals surface area contributed by atoms with E-state index in [1.807, 2.05) is 0 Å². The number of ether oxygens (including phenoxy) is 1. The van der Waals surface area contributed by atoms with Crippen LogP contribution in [0.15, 0.2) is 45.8 Å². The summed E-state index contributed by atoms with van der Waals surface area (Å²) in [6.07, 6.45) is 0.407. The van der Waals surface area contributed by atoms with Crippen LogP contribution < -0.4 is 9.46 Å². The molecule has 0 heterocycles. The second-order valence-electron chi connectivity index (χ2n) is 4.69. The molecule has 124 valence electrons. The van der Waals surface area contributed by atoms with Crippen molar-refractivity contribution in [1.29, 1.82) is 0 Å². The molecule has 0 spiro atoms. The molecule has 0 saturated carbocycles. The summed E-state index contributed by atoms with van der Waals surface area (Å²) in [7, 11) is -2.57. The maximum absolute atomic E-state index is 13.7. The second kappa shape index (κ2) is 7.37. The van der Waals surface area contributed by atoms with Crippen LogP contribution in [0.5, 0.6) is 5.75 Å². The third-order valence-electron chi connectivity index (χ3n) is 3.13. The SMILES string of the molecule is COc1ccc(CCNS(=O)(=O)c2cc(F)c(Br)cc2F)cc1. The van der Waals surface area contributed by atoms with Crippen molar-refractivity contribution in [2.24, 2.45) is 0 Å². The lowest BCUT2D eigenvalue weighted by Crippen LogP contribution is -2.27. The summed E-state index contributed by atoms with van der Waals surface area (Å²) < 4.78 is 58.4. The minimum atomic E-state index is -4.12. The number of rotatable bonds is 6. The van der Waals surface area contributed by atoms with Gasteiger partial charge in [0.2, 0.25) is 10.0 Å². The summed E-state index contributed by atoms with van der Waals surface area (Å²) in [5.74, 6) is -1.17. The molecule has 0 unspecified atom stereocenters. The molecule has 0 aromatic heterocycles. The van der Waals surface area contributed by atoms with Crippen molar-refractivity contribution in [3.05, 3.63) is 58.1 Å². The molecule has 0 atom stereocenters. The van der Waals surface area contributed by atoms with E-state index in [2.05, 4.69) is 20.7 Å². The lowest BCUT2D eigenvalue weighted by molar-refractivity contribution is 0.414. The highest BCUT2D eigenvalue weighted by atomic mass is 79.9. The Bertz CT molecular complexity index is 795. The standard InChI is InChI=1S/C15H14BrF2NO3S/c1-22-11-4-2-10(3-5-11)6-7-19-23(20,21)15-9-13(17)12(16)8-14(15)18/h2-5,8-9,19H,6-7H2,1H3. The zero-order chi connectivity index (χ0) is 17.0. The highest BCUT2D eigenvalue weighted by Crippen LogP contribution is 2.23. The number of sulfonamides is 1. The van der Waals surface area contributed by atoms with Crippen LogP contribution in [0.1, 0.15) is 5.56 Å². The van der Waals surface area contributed by atoms with E-state index in [0.717, 1.165) is 11.6 Å². The molecule has 0 fully saturated rings. The van der Waals surface area contributed by atoms with Gasteiger partial charge in [0.15, 0.2) is 0 Å². The number of benzene rings is 2. The zero-order valence-corrected chi connectivity index (χ0v) is 14.5. The Morgan fingerprint density at radius 3 is 2.39 bits per heavy atom. The van der Waals surface area contributed by atoms with E-state index >= 15 is 0 Å². The molecule has 0 aliphatic rings. The van der Waals surface area contributed by atoms with Crippen LogP contribution in [0.4, 0.5) is 8.78 Å². The minimum absolute atomic E-state index is 0.0613. The molecule has 4 nitrogen and oxygen atoms in total. The van der Waals surface area contributed by atoms with Crippen LogP contribution in [-0.2, 0) is 16.4 Å². The van der Waals surface area contributed by atoms with Crippen LogP contribution in [0.3, 0.4) is 0 Å². The van der Waals surface area contributed by atoms with Gasteiger partial charge in [0.05, 0.1) is 11.6 Å². The highest BCUT2D eigenvalue weighted by Gasteiger charge is 2.21. The van der Waals surface area contributed by atoms with E-state index in [1.54, 1.807) is 31.4 Å². The fraction of sp³-hybridized carbons (Fsp3) is 0.200. The smallest absolute Gasteiger partial charge is 0.243 e. The lowest BCUT2D eigenvalue weighted by atomic mass is 10.1. The first-order valence-corrected chi connectivity index (χ1v) is 8.88. The van der Waals surface area contributed by atoms with Gasteiger partial charge in [0.1, 0.15) is 22.3 Å². The summed E-state index contributed by atoms with van der Waals surface area (Å²) in [5.41, 5.74) is 0.885. The molecule has 0 radical (unpaired) electrons. The Hall–Kier alpha value is -1.51. The summed E-state index contributed by atoms with van der Waals surface area (Å²) in [5, 5.41) is 0. The van der Waals surface area contributed by atoms with Crippen molar-refractivity contribution in [2.45, 2.75) is 11.3 Å². The number of hydrogen-bond acceptors (Lipinski definition) is 3. The number of nitrogens with one attached hydrogen (secondary N) is 1. The Morgan fingerprint density at radius 1 is 1.13 bits per heavy atom. The van der Waals surface area contributed by atoms with Crippen molar-refractivity contribution >= 4 is 26.0 Å². The average molecular weight is 406 g/mol. The normalized spacial score (nSPS) is 11.5. The molecule has 2 aromatic rings. The Kier molecular flexibility index (Phi) is 5.72. The molecule has 0 aliphatic carbocycles. The van der Waals surface area contributed by atoms with Crippen molar-refractivity contribution in [2.75, 3.05) is 13.7 Å². The summed E-state index contributed by atoms with van der Waals surface area (Å²) in [6, 6.07) is 8.55. The lowest BCUT2D eigenvalue weighted by Gasteiger charge is -2.09. The van der Waals surface area contributed by atoms with Gasteiger partial charge in [-0.05, 0) is 52.2 Å². The van der Waals surface area contributed by atoms with Gasteiger partial charge in [-0.3, -0.25) is 0 Å². The van der Waals surface area contributed by atoms with Gasteiger partial charge in [0.25, 0.3) is 0 Å². The number of hydrogen-bond donors (Lipinski definition) is 1. The van der Waals surface area contributed by atoms with Crippen LogP contribution in [0.25, 0.3) is 0 Å². The second-order valence-corrected chi connectivity index (χ2v) is 7.28. The van der Waals surface area contributed by atoms with Crippen molar-refractivity contribution < 1.29 is 21.9 Å². The molecule has 0 amide bonds. The topological polar surface area (TPSA) is 55.4 Å². The highest BCUT2D eigenvalue weighted by molar-refractivity contribution is 9.10. The first kappa shape index (κ1) is 17.8. The van der Waals surface area contributed by atoms with Gasteiger partial charge in [-0.25, -0.2) is 21.9 Å². The minimum Gasteiger partial charge on any atom is -0.497 e. The Morgan fingerprint density at radius 2 is 1.78 bits per heavy atom. The molecule has 0 aliphatic heterocycles. The predicted octanol–water partition coefficient (Wildman–Crippen LogP) is 3.26. The summed E-state index contributed by atoms with van der Waals surface area (Å²) >= 11 is 2.80. The Balaban J connectivity index is 2.05. The molecule has 0 saturated heterocycles. The number of methoxy groups -OCH3 is 1. The van der Waals surface area contributed by atoms with E-state index in [9.17, 15) is 17.2 Å². The van der Waals surface area contributed by atoms with Crippen LogP contribution in [0.2, 0.25) is 0 Å². The molecule has 8 heteroatoms. The molecular formula is C15H14BrF2NO3S. The zero-order valence-electron chi connectivity index (χ0n) is 12.1. The quantitative estimate of drug-likeness (QED) is 0.750. The average Bonchev–Trinajstić information content (AvgIpc) is 2.51. The van der Waals surface area contributed by atoms with E-state index in [4.69, 9.17) is 4.74 Å². The Labute approximate surface area is 141 Å². The number of halogens is 3. The molecule has 23 heavy (non-hydrogen) atoms. The van der Waals surface area contributed by atoms with Gasteiger partial charge >= 0.3 is 0 Å². The third kappa shape index (κ3) is 4.49. The van der Waals surface area contributed by atoms with Gasteiger partial charge in [-0.1, -0.05) is 12.1 Å². The van der Waals surface area contributed by atoms with E-state index < -0.39 is 26.6 Å². The van der Waals surface area contributed by atoms with Crippen LogP contribution in [-0.4, -0.2) is 22.1 Å². The first-order chi connectivity index (χ1) is 10.8. The summed E-state index contributed by atoms with van der Waals surface area (Å²) in [4.78, 5) is -0.715. The van der Waals surface area contributed by atoms with Crippen molar-refractivity contribution in [1.82, 2.24) is 4.72 Å². The largest absolute Gasteiger partial charge is 0.497 e. The van der Waals surface area contributed by atoms with E-state index in [1.165, 1.54) is 0 Å². The monoisotopic (exact) mass is 405 g/mol. The molecular weight excluding hydrogens is 392 g/mol. The fourth-order valence-electron chi connectivity index (χ4n) is 1.91. The van der Waals surface area contributed by atoms with Crippen molar-refractivity contribution in [3.8, 4) is 5.75 Å².